The average molecular weight is 262 g/mol. The molecule has 0 radical (unpaired) electrons. The van der Waals surface area contributed by atoms with E-state index in [1.807, 2.05) is 0 Å². The minimum absolute atomic E-state index is 0.0279. The Kier molecular flexibility index (Phi) is 4.06. The van der Waals surface area contributed by atoms with Crippen molar-refractivity contribution in [3.8, 4) is 0 Å². The zero-order chi connectivity index (χ0) is 13.1. The van der Waals surface area contributed by atoms with E-state index in [1.165, 1.54) is 28.2 Å². The van der Waals surface area contributed by atoms with Crippen LogP contribution in [0.3, 0.4) is 0 Å². The number of benzene rings is 1. The van der Waals surface area contributed by atoms with Crippen LogP contribution in [0.4, 0.5) is 0 Å². The molecule has 4 nitrogen and oxygen atoms in total. The molecule has 1 heterocycles. The standard InChI is InChI=1S/C13H18N4S/c1-4-11-13(18-17-16-11)12(15-14)10-7-5-6-8(2)9(10)3/h5-7,12,15H,4,14H2,1-3H3. The van der Waals surface area contributed by atoms with E-state index in [0.29, 0.717) is 0 Å². The lowest BCUT2D eigenvalue weighted by Crippen LogP contribution is -2.29. The number of rotatable bonds is 4. The Bertz CT molecular complexity index is 536. The van der Waals surface area contributed by atoms with Crippen LogP contribution in [0.2, 0.25) is 0 Å². The highest BCUT2D eigenvalue weighted by molar-refractivity contribution is 7.05. The summed E-state index contributed by atoms with van der Waals surface area (Å²) in [6.45, 7) is 6.31. The quantitative estimate of drug-likeness (QED) is 0.655. The van der Waals surface area contributed by atoms with E-state index < -0.39 is 0 Å². The van der Waals surface area contributed by atoms with Crippen molar-refractivity contribution in [2.45, 2.75) is 33.2 Å². The molecule has 0 amide bonds. The van der Waals surface area contributed by atoms with Crippen LogP contribution in [-0.4, -0.2) is 9.59 Å². The molecule has 18 heavy (non-hydrogen) atoms. The van der Waals surface area contributed by atoms with Gasteiger partial charge in [-0.25, -0.2) is 5.43 Å². The third-order valence-electron chi connectivity index (χ3n) is 3.31. The van der Waals surface area contributed by atoms with Crippen molar-refractivity contribution in [2.75, 3.05) is 0 Å². The fourth-order valence-electron chi connectivity index (χ4n) is 2.07. The Balaban J connectivity index is 2.49. The first-order valence-electron chi connectivity index (χ1n) is 6.02. The van der Waals surface area contributed by atoms with Crippen molar-refractivity contribution in [3.05, 3.63) is 45.5 Å². The number of aromatic nitrogens is 2. The van der Waals surface area contributed by atoms with Crippen LogP contribution in [0.25, 0.3) is 0 Å². The number of nitrogens with two attached hydrogens (primary N) is 1. The second-order valence-electron chi connectivity index (χ2n) is 4.33. The van der Waals surface area contributed by atoms with Crippen molar-refractivity contribution >= 4 is 11.5 Å². The molecule has 0 fully saturated rings. The van der Waals surface area contributed by atoms with Gasteiger partial charge in [0.15, 0.2) is 0 Å². The normalized spacial score (nSPS) is 12.7. The van der Waals surface area contributed by atoms with E-state index in [1.54, 1.807) is 0 Å². The Morgan fingerprint density at radius 3 is 2.83 bits per heavy atom. The highest BCUT2D eigenvalue weighted by atomic mass is 32.1. The number of nitrogens with one attached hydrogen (secondary N) is 1. The number of hydrogen-bond donors (Lipinski definition) is 2. The van der Waals surface area contributed by atoms with Crippen LogP contribution < -0.4 is 11.3 Å². The highest BCUT2D eigenvalue weighted by Crippen LogP contribution is 2.29. The third-order valence-corrected chi connectivity index (χ3v) is 4.14. The molecule has 1 unspecified atom stereocenters. The number of hydrogen-bond acceptors (Lipinski definition) is 5. The molecule has 1 aromatic heterocycles. The molecule has 2 rings (SSSR count). The predicted octanol–water partition coefficient (Wildman–Crippen LogP) is 2.27. The van der Waals surface area contributed by atoms with Gasteiger partial charge in [-0.15, -0.1) is 5.10 Å². The molecule has 96 valence electrons. The summed E-state index contributed by atoms with van der Waals surface area (Å²) < 4.78 is 4.04. The van der Waals surface area contributed by atoms with Gasteiger partial charge in [0.05, 0.1) is 16.6 Å². The molecule has 3 N–H and O–H groups in total. The third kappa shape index (κ3) is 2.29. The lowest BCUT2D eigenvalue weighted by molar-refractivity contribution is 0.635. The van der Waals surface area contributed by atoms with Gasteiger partial charge in [-0.05, 0) is 48.5 Å². The molecule has 0 aliphatic rings. The molecule has 1 aromatic carbocycles. The van der Waals surface area contributed by atoms with Gasteiger partial charge in [0, 0.05) is 0 Å². The summed E-state index contributed by atoms with van der Waals surface area (Å²) in [5.41, 5.74) is 7.63. The number of nitrogens with zero attached hydrogens (tertiary/aromatic N) is 2. The molecule has 0 aliphatic carbocycles. The number of hydrazine groups is 1. The summed E-state index contributed by atoms with van der Waals surface area (Å²) in [6.07, 6.45) is 0.870. The topological polar surface area (TPSA) is 63.8 Å². The van der Waals surface area contributed by atoms with Gasteiger partial charge in [-0.3, -0.25) is 5.84 Å². The molecule has 1 atom stereocenters. The minimum Gasteiger partial charge on any atom is -0.271 e. The molecule has 2 aromatic rings. The summed E-state index contributed by atoms with van der Waals surface area (Å²) in [6, 6.07) is 6.24. The lowest BCUT2D eigenvalue weighted by atomic mass is 9.96. The summed E-state index contributed by atoms with van der Waals surface area (Å²) in [5, 5.41) is 4.15. The predicted molar refractivity (Wildman–Crippen MR) is 74.4 cm³/mol. The second-order valence-corrected chi connectivity index (χ2v) is 5.11. The lowest BCUT2D eigenvalue weighted by Gasteiger charge is -2.18. The Morgan fingerprint density at radius 1 is 1.39 bits per heavy atom. The monoisotopic (exact) mass is 262 g/mol. The van der Waals surface area contributed by atoms with E-state index >= 15 is 0 Å². The molecule has 0 bridgehead atoms. The molecule has 5 heteroatoms. The maximum atomic E-state index is 5.74. The molecular formula is C13H18N4S. The first kappa shape index (κ1) is 13.1. The molecule has 0 spiro atoms. The first-order chi connectivity index (χ1) is 8.69. The number of aryl methyl sites for hydroxylation is 2. The maximum absolute atomic E-state index is 5.74. The fraction of sp³-hybridized carbons (Fsp3) is 0.385. The van der Waals surface area contributed by atoms with Gasteiger partial charge in [-0.2, -0.15) is 0 Å². The van der Waals surface area contributed by atoms with Crippen molar-refractivity contribution < 1.29 is 0 Å². The SMILES string of the molecule is CCc1nnsc1C(NN)c1cccc(C)c1C. The van der Waals surface area contributed by atoms with Crippen molar-refractivity contribution in [1.82, 2.24) is 15.0 Å². The van der Waals surface area contributed by atoms with E-state index in [9.17, 15) is 0 Å². The van der Waals surface area contributed by atoms with Gasteiger partial charge in [0.1, 0.15) is 0 Å². The zero-order valence-electron chi connectivity index (χ0n) is 10.9. The van der Waals surface area contributed by atoms with E-state index in [2.05, 4.69) is 54.0 Å². The Morgan fingerprint density at radius 2 is 2.17 bits per heavy atom. The second kappa shape index (κ2) is 5.56. The van der Waals surface area contributed by atoms with Crippen molar-refractivity contribution in [3.63, 3.8) is 0 Å². The van der Waals surface area contributed by atoms with Crippen molar-refractivity contribution in [2.24, 2.45) is 5.84 Å². The van der Waals surface area contributed by atoms with E-state index in [-0.39, 0.29) is 6.04 Å². The van der Waals surface area contributed by atoms with Crippen LogP contribution in [0.1, 0.15) is 40.2 Å². The maximum Gasteiger partial charge on any atom is 0.0840 e. The average Bonchev–Trinajstić information content (AvgIpc) is 2.83. The van der Waals surface area contributed by atoms with E-state index in [4.69, 9.17) is 5.84 Å². The van der Waals surface area contributed by atoms with Crippen LogP contribution in [0, 0.1) is 13.8 Å². The first-order valence-corrected chi connectivity index (χ1v) is 6.79. The van der Waals surface area contributed by atoms with Crippen LogP contribution in [0.5, 0.6) is 0 Å². The van der Waals surface area contributed by atoms with Gasteiger partial charge < -0.3 is 0 Å². The van der Waals surface area contributed by atoms with Crippen LogP contribution >= 0.6 is 11.5 Å². The van der Waals surface area contributed by atoms with Gasteiger partial charge in [0.2, 0.25) is 0 Å². The Labute approximate surface area is 111 Å². The Hall–Kier alpha value is -1.30. The van der Waals surface area contributed by atoms with Gasteiger partial charge in [-0.1, -0.05) is 29.6 Å². The van der Waals surface area contributed by atoms with Crippen LogP contribution in [0.15, 0.2) is 18.2 Å². The summed E-state index contributed by atoms with van der Waals surface area (Å²) in [4.78, 5) is 1.11. The molecular weight excluding hydrogens is 244 g/mol. The zero-order valence-corrected chi connectivity index (χ0v) is 11.7. The van der Waals surface area contributed by atoms with Crippen LogP contribution in [-0.2, 0) is 6.42 Å². The van der Waals surface area contributed by atoms with Gasteiger partial charge >= 0.3 is 0 Å². The summed E-state index contributed by atoms with van der Waals surface area (Å²) in [5.74, 6) is 5.74. The minimum atomic E-state index is -0.0279. The van der Waals surface area contributed by atoms with E-state index in [0.717, 1.165) is 17.0 Å². The molecule has 0 saturated heterocycles. The summed E-state index contributed by atoms with van der Waals surface area (Å²) in [7, 11) is 0. The fourth-order valence-corrected chi connectivity index (χ4v) is 2.89. The molecule has 0 saturated carbocycles. The molecule has 0 aliphatic heterocycles. The smallest absolute Gasteiger partial charge is 0.0840 e. The largest absolute Gasteiger partial charge is 0.271 e. The van der Waals surface area contributed by atoms with Gasteiger partial charge in [0.25, 0.3) is 0 Å². The van der Waals surface area contributed by atoms with Crippen molar-refractivity contribution in [1.29, 1.82) is 0 Å². The summed E-state index contributed by atoms with van der Waals surface area (Å²) >= 11 is 1.41. The highest BCUT2D eigenvalue weighted by Gasteiger charge is 2.21.